The first kappa shape index (κ1) is 38.9. The Morgan fingerprint density at radius 3 is 1.84 bits per heavy atom. The smallest absolute Gasteiger partial charge is 0.252 e. The Labute approximate surface area is 370 Å². The molecule has 1 saturated carbocycles. The quantitative estimate of drug-likeness (QED) is 0.164. The van der Waals surface area contributed by atoms with E-state index in [0.29, 0.717) is 0 Å². The van der Waals surface area contributed by atoms with Crippen LogP contribution in [-0.4, -0.2) is 12.3 Å². The minimum Gasteiger partial charge on any atom is -0.334 e. The highest BCUT2D eigenvalue weighted by molar-refractivity contribution is 7.00. The third-order valence-corrected chi connectivity index (χ3v) is 15.3. The van der Waals surface area contributed by atoms with E-state index < -0.39 is 0 Å². The lowest BCUT2D eigenvalue weighted by Gasteiger charge is -2.46. The second-order valence-electron chi connectivity index (χ2n) is 21.1. The van der Waals surface area contributed by atoms with Crippen LogP contribution in [0.1, 0.15) is 96.9 Å². The summed E-state index contributed by atoms with van der Waals surface area (Å²) < 4.78 is 0. The standard InChI is InChI=1S/C58H58BN3/c1-38-34-52-54-53(35-38)61(48-31-26-41(56(5,6)7)36-44(48)39-18-11-10-12-19-39)50-23-16-14-21-46(50)59(54)47-30-29-43(37-51(47)60(52)42-27-24-40(25-28-42)55(2,3)4)62-49-22-15-13-20-45(49)57(8)32-17-33-58(57,62)9/h10-16,18-31,34-37H,17,32-33H2,1-9H3. The van der Waals surface area contributed by atoms with Crippen LogP contribution in [0.2, 0.25) is 0 Å². The van der Waals surface area contributed by atoms with Crippen LogP contribution in [0.4, 0.5) is 45.5 Å². The van der Waals surface area contributed by atoms with Gasteiger partial charge in [-0.3, -0.25) is 0 Å². The monoisotopic (exact) mass is 807 g/mol. The lowest BCUT2D eigenvalue weighted by atomic mass is 9.33. The third-order valence-electron chi connectivity index (χ3n) is 15.3. The van der Waals surface area contributed by atoms with Crippen LogP contribution in [0, 0.1) is 6.92 Å². The van der Waals surface area contributed by atoms with Crippen molar-refractivity contribution in [3.63, 3.8) is 0 Å². The molecule has 3 nitrogen and oxygen atoms in total. The van der Waals surface area contributed by atoms with E-state index in [1.165, 1.54) is 115 Å². The number of rotatable bonds is 4. The summed E-state index contributed by atoms with van der Waals surface area (Å²) in [5.74, 6) is 0. The lowest BCUT2D eigenvalue weighted by Crippen LogP contribution is -2.61. The first-order valence-electron chi connectivity index (χ1n) is 22.9. The minimum absolute atomic E-state index is 0.00597. The van der Waals surface area contributed by atoms with Crippen molar-refractivity contribution in [1.29, 1.82) is 0 Å². The first-order chi connectivity index (χ1) is 29.7. The van der Waals surface area contributed by atoms with Crippen molar-refractivity contribution in [2.24, 2.45) is 0 Å². The van der Waals surface area contributed by atoms with E-state index in [1.54, 1.807) is 0 Å². The Morgan fingerprint density at radius 2 is 1.11 bits per heavy atom. The maximum Gasteiger partial charge on any atom is 0.252 e. The van der Waals surface area contributed by atoms with Crippen LogP contribution in [0.15, 0.2) is 152 Å². The van der Waals surface area contributed by atoms with Gasteiger partial charge in [-0.15, -0.1) is 0 Å². The van der Waals surface area contributed by atoms with E-state index in [1.807, 2.05) is 0 Å². The topological polar surface area (TPSA) is 9.72 Å². The Balaban J connectivity index is 1.18. The second-order valence-corrected chi connectivity index (χ2v) is 21.1. The van der Waals surface area contributed by atoms with Gasteiger partial charge in [-0.25, -0.2) is 0 Å². The van der Waals surface area contributed by atoms with Crippen LogP contribution >= 0.6 is 0 Å². The summed E-state index contributed by atoms with van der Waals surface area (Å²) in [6, 6.07) is 58.3. The number of hydrogen-bond donors (Lipinski definition) is 0. The van der Waals surface area contributed by atoms with Crippen LogP contribution < -0.4 is 31.1 Å². The molecule has 2 unspecified atom stereocenters. The molecule has 0 bridgehead atoms. The normalized spacial score (nSPS) is 19.8. The van der Waals surface area contributed by atoms with Crippen molar-refractivity contribution in [2.45, 2.75) is 103 Å². The lowest BCUT2D eigenvalue weighted by molar-refractivity contribution is 0.330. The zero-order valence-electron chi connectivity index (χ0n) is 38.0. The highest BCUT2D eigenvalue weighted by Crippen LogP contribution is 2.62. The van der Waals surface area contributed by atoms with E-state index in [0.717, 1.165) is 0 Å². The molecule has 3 heterocycles. The molecule has 0 N–H and O–H groups in total. The first-order valence-corrected chi connectivity index (χ1v) is 22.9. The van der Waals surface area contributed by atoms with Gasteiger partial charge in [-0.1, -0.05) is 146 Å². The average molecular weight is 808 g/mol. The number of hydrogen-bond acceptors (Lipinski definition) is 3. The van der Waals surface area contributed by atoms with E-state index >= 15 is 0 Å². The molecule has 0 aromatic heterocycles. The molecule has 4 heteroatoms. The summed E-state index contributed by atoms with van der Waals surface area (Å²) in [7, 11) is 0. The van der Waals surface area contributed by atoms with Gasteiger partial charge in [0.15, 0.2) is 0 Å². The fraction of sp³-hybridized carbons (Fsp3) is 0.276. The number of benzene rings is 7. The largest absolute Gasteiger partial charge is 0.334 e. The Bertz CT molecular complexity index is 2920. The molecular weight excluding hydrogens is 749 g/mol. The number of para-hydroxylation sites is 2. The predicted molar refractivity (Wildman–Crippen MR) is 266 cm³/mol. The molecule has 62 heavy (non-hydrogen) atoms. The van der Waals surface area contributed by atoms with E-state index in [-0.39, 0.29) is 28.5 Å². The molecule has 0 amide bonds. The summed E-state index contributed by atoms with van der Waals surface area (Å²) in [5, 5.41) is 0. The molecule has 4 aliphatic rings. The summed E-state index contributed by atoms with van der Waals surface area (Å²) in [6.45, 7) is 21.2. The molecule has 3 aliphatic heterocycles. The number of nitrogens with zero attached hydrogens (tertiary/aromatic N) is 3. The van der Waals surface area contributed by atoms with Crippen molar-refractivity contribution >= 4 is 68.6 Å². The van der Waals surface area contributed by atoms with Gasteiger partial charge in [0.25, 0.3) is 6.71 Å². The molecule has 308 valence electrons. The fourth-order valence-electron chi connectivity index (χ4n) is 11.8. The van der Waals surface area contributed by atoms with Gasteiger partial charge in [0, 0.05) is 50.8 Å². The van der Waals surface area contributed by atoms with Crippen LogP contribution in [0.3, 0.4) is 0 Å². The Kier molecular flexibility index (Phi) is 8.47. The Hall–Kier alpha value is -6.00. The van der Waals surface area contributed by atoms with Crippen molar-refractivity contribution in [2.75, 3.05) is 14.7 Å². The number of fused-ring (bicyclic) bond motifs is 7. The fourth-order valence-corrected chi connectivity index (χ4v) is 11.8. The van der Waals surface area contributed by atoms with E-state index in [9.17, 15) is 0 Å². The maximum absolute atomic E-state index is 2.72. The van der Waals surface area contributed by atoms with Gasteiger partial charge < -0.3 is 14.7 Å². The molecule has 7 aromatic carbocycles. The molecule has 0 saturated heterocycles. The maximum atomic E-state index is 2.72. The molecule has 0 spiro atoms. The SMILES string of the molecule is Cc1cc2c3c(c1)N(c1ccc(C(C)(C)C)cc1-c1ccccc1)c1ccccc1B3c1ccc(N3c4ccccc4C4(C)CCCC34C)cc1N2c1ccc(C(C)(C)C)cc1. The van der Waals surface area contributed by atoms with Gasteiger partial charge in [-0.2, -0.15) is 0 Å². The molecule has 0 radical (unpaired) electrons. The van der Waals surface area contributed by atoms with Gasteiger partial charge >= 0.3 is 0 Å². The molecule has 1 fully saturated rings. The van der Waals surface area contributed by atoms with Crippen LogP contribution in [0.5, 0.6) is 0 Å². The predicted octanol–water partition coefficient (Wildman–Crippen LogP) is 13.7. The highest BCUT2D eigenvalue weighted by atomic mass is 15.3. The number of anilines is 8. The van der Waals surface area contributed by atoms with E-state index in [4.69, 9.17) is 0 Å². The van der Waals surface area contributed by atoms with Gasteiger partial charge in [-0.05, 0) is 142 Å². The van der Waals surface area contributed by atoms with Crippen molar-refractivity contribution in [1.82, 2.24) is 0 Å². The van der Waals surface area contributed by atoms with Crippen molar-refractivity contribution in [3.05, 3.63) is 174 Å². The Morgan fingerprint density at radius 1 is 0.500 bits per heavy atom. The molecule has 2 atom stereocenters. The van der Waals surface area contributed by atoms with Gasteiger partial charge in [0.1, 0.15) is 0 Å². The number of aryl methyl sites for hydroxylation is 1. The summed E-state index contributed by atoms with van der Waals surface area (Å²) in [5.41, 5.74) is 22.1. The molecular formula is C58H58BN3. The third kappa shape index (κ3) is 5.57. The van der Waals surface area contributed by atoms with E-state index in [2.05, 4.69) is 229 Å². The molecule has 1 aliphatic carbocycles. The second kappa shape index (κ2) is 13.5. The van der Waals surface area contributed by atoms with Crippen LogP contribution in [-0.2, 0) is 16.2 Å². The average Bonchev–Trinajstić information content (AvgIpc) is 3.66. The van der Waals surface area contributed by atoms with Crippen LogP contribution in [0.25, 0.3) is 11.1 Å². The molecule has 11 rings (SSSR count). The summed E-state index contributed by atoms with van der Waals surface area (Å²) in [6.07, 6.45) is 3.63. The zero-order valence-corrected chi connectivity index (χ0v) is 38.0. The van der Waals surface area contributed by atoms with Gasteiger partial charge in [0.05, 0.1) is 11.2 Å². The summed E-state index contributed by atoms with van der Waals surface area (Å²) >= 11 is 0. The van der Waals surface area contributed by atoms with Crippen molar-refractivity contribution < 1.29 is 0 Å². The van der Waals surface area contributed by atoms with Gasteiger partial charge in [0.2, 0.25) is 0 Å². The minimum atomic E-state index is -0.0165. The molecule has 7 aromatic rings. The van der Waals surface area contributed by atoms with Crippen molar-refractivity contribution in [3.8, 4) is 11.1 Å². The summed E-state index contributed by atoms with van der Waals surface area (Å²) in [4.78, 5) is 7.89. The zero-order chi connectivity index (χ0) is 42.9. The highest BCUT2D eigenvalue weighted by Gasteiger charge is 2.59.